The number of hydrogen-bond donors (Lipinski definition) is 2. The second kappa shape index (κ2) is 17.3. The van der Waals surface area contributed by atoms with Crippen molar-refractivity contribution in [2.75, 3.05) is 13.2 Å². The van der Waals surface area contributed by atoms with Crippen LogP contribution in [0.2, 0.25) is 0 Å². The van der Waals surface area contributed by atoms with E-state index in [1.165, 1.54) is 18.2 Å². The van der Waals surface area contributed by atoms with E-state index in [4.69, 9.17) is 29.4 Å². The molecule has 0 saturated carbocycles. The van der Waals surface area contributed by atoms with Crippen LogP contribution < -0.4 is 15.2 Å². The molecule has 1 aromatic carbocycles. The third-order valence-corrected chi connectivity index (χ3v) is 5.87. The summed E-state index contributed by atoms with van der Waals surface area (Å²) in [7, 11) is 0. The molecule has 0 saturated heterocycles. The van der Waals surface area contributed by atoms with Crippen molar-refractivity contribution in [3.05, 3.63) is 23.8 Å². The van der Waals surface area contributed by atoms with E-state index in [9.17, 15) is 24.3 Å². The lowest BCUT2D eigenvalue weighted by atomic mass is 9.86. The van der Waals surface area contributed by atoms with Crippen molar-refractivity contribution in [3.63, 3.8) is 0 Å². The van der Waals surface area contributed by atoms with E-state index in [-0.39, 0.29) is 43.5 Å². The molecule has 1 unspecified atom stereocenters. The third kappa shape index (κ3) is 12.4. The van der Waals surface area contributed by atoms with Gasteiger partial charge in [-0.3, -0.25) is 9.59 Å². The van der Waals surface area contributed by atoms with Crippen molar-refractivity contribution in [1.82, 2.24) is 0 Å². The topological polar surface area (TPSA) is 161 Å². The second-order valence-corrected chi connectivity index (χ2v) is 9.67. The van der Waals surface area contributed by atoms with Crippen LogP contribution in [0.25, 0.3) is 0 Å². The van der Waals surface area contributed by atoms with Crippen molar-refractivity contribution in [2.24, 2.45) is 11.7 Å². The average Bonchev–Trinajstić information content (AvgIpc) is 2.85. The highest BCUT2D eigenvalue weighted by molar-refractivity contribution is 5.79. The van der Waals surface area contributed by atoms with E-state index in [0.29, 0.717) is 24.8 Å². The summed E-state index contributed by atoms with van der Waals surface area (Å²) in [6.45, 7) is 9.47. The van der Waals surface area contributed by atoms with Crippen LogP contribution in [0, 0.1) is 5.92 Å². The van der Waals surface area contributed by atoms with Gasteiger partial charge in [0.05, 0.1) is 19.1 Å². The average molecular weight is 554 g/mol. The Morgan fingerprint density at radius 2 is 1.46 bits per heavy atom. The first-order valence-electron chi connectivity index (χ1n) is 13.5. The molecular formula is C28H43NO10. The third-order valence-electron chi connectivity index (χ3n) is 5.87. The molecule has 1 rings (SSSR count). The molecule has 1 aromatic rings. The standard InChI is InChI=1S/C28H43NO10/c1-6-9-14-35-26(33)38-22-13-12-21(16-23(22)39-27(34)36-15-10-7-2)18-28(29,25(31)32)17-20(5)37-24(30)19(4)11-8-3/h12-13,16,19-20H,6-11,14-15,17-18,29H2,1-5H3,(H,31,32)/t19?,20-,28+/m0/s1. The van der Waals surface area contributed by atoms with Gasteiger partial charge in [-0.2, -0.15) is 0 Å². The summed E-state index contributed by atoms with van der Waals surface area (Å²) in [4.78, 5) is 48.7. The highest BCUT2D eigenvalue weighted by Gasteiger charge is 2.37. The highest BCUT2D eigenvalue weighted by atomic mass is 16.7. The molecule has 11 nitrogen and oxygen atoms in total. The Labute approximate surface area is 230 Å². The van der Waals surface area contributed by atoms with Crippen LogP contribution >= 0.6 is 0 Å². The lowest BCUT2D eigenvalue weighted by molar-refractivity contribution is -0.156. The summed E-state index contributed by atoms with van der Waals surface area (Å²) >= 11 is 0. The van der Waals surface area contributed by atoms with Gasteiger partial charge in [0.1, 0.15) is 11.6 Å². The Kier molecular flexibility index (Phi) is 14.9. The molecule has 0 radical (unpaired) electrons. The van der Waals surface area contributed by atoms with Gasteiger partial charge in [0.2, 0.25) is 0 Å². The monoisotopic (exact) mass is 553 g/mol. The minimum atomic E-state index is -1.81. The largest absolute Gasteiger partial charge is 0.513 e. The summed E-state index contributed by atoms with van der Waals surface area (Å²) in [6.07, 6.45) is 1.27. The number of ether oxygens (including phenoxy) is 5. The molecule has 0 aliphatic rings. The first-order valence-corrected chi connectivity index (χ1v) is 13.5. The first kappa shape index (κ1) is 33.7. The predicted octanol–water partition coefficient (Wildman–Crippen LogP) is 5.40. The van der Waals surface area contributed by atoms with Gasteiger partial charge in [-0.25, -0.2) is 9.59 Å². The van der Waals surface area contributed by atoms with Gasteiger partial charge in [0.15, 0.2) is 11.5 Å². The van der Waals surface area contributed by atoms with Crippen molar-refractivity contribution in [1.29, 1.82) is 0 Å². The lowest BCUT2D eigenvalue weighted by Gasteiger charge is -2.28. The van der Waals surface area contributed by atoms with Gasteiger partial charge in [-0.15, -0.1) is 0 Å². The number of carboxylic acid groups (broad SMARTS) is 1. The molecule has 11 heteroatoms. The molecule has 0 amide bonds. The van der Waals surface area contributed by atoms with Gasteiger partial charge in [-0.1, -0.05) is 53.0 Å². The molecule has 0 aliphatic heterocycles. The Bertz CT molecular complexity index is 950. The molecule has 3 N–H and O–H groups in total. The lowest BCUT2D eigenvalue weighted by Crippen LogP contribution is -2.52. The Morgan fingerprint density at radius 3 is 1.97 bits per heavy atom. The number of benzene rings is 1. The van der Waals surface area contributed by atoms with E-state index in [1.54, 1.807) is 13.8 Å². The quantitative estimate of drug-likeness (QED) is 0.110. The Morgan fingerprint density at radius 1 is 0.897 bits per heavy atom. The van der Waals surface area contributed by atoms with Gasteiger partial charge in [-0.05, 0) is 43.9 Å². The van der Waals surface area contributed by atoms with Crippen LogP contribution in [0.15, 0.2) is 18.2 Å². The number of aliphatic carboxylic acids is 1. The molecule has 0 fully saturated rings. The molecular weight excluding hydrogens is 510 g/mol. The normalized spacial score (nSPS) is 13.9. The number of unbranched alkanes of at least 4 members (excludes halogenated alkanes) is 2. The summed E-state index contributed by atoms with van der Waals surface area (Å²) < 4.78 is 25.9. The molecule has 0 spiro atoms. The summed E-state index contributed by atoms with van der Waals surface area (Å²) in [5, 5.41) is 9.93. The van der Waals surface area contributed by atoms with Crippen LogP contribution in [0.3, 0.4) is 0 Å². The Balaban J connectivity index is 3.12. The predicted molar refractivity (Wildman–Crippen MR) is 143 cm³/mol. The van der Waals surface area contributed by atoms with E-state index >= 15 is 0 Å². The van der Waals surface area contributed by atoms with E-state index < -0.39 is 35.9 Å². The van der Waals surface area contributed by atoms with Crippen molar-refractivity contribution >= 4 is 24.2 Å². The fourth-order valence-corrected chi connectivity index (χ4v) is 3.68. The maximum atomic E-state index is 12.3. The molecule has 39 heavy (non-hydrogen) atoms. The molecule has 220 valence electrons. The Hall–Kier alpha value is -3.34. The fraction of sp³-hybridized carbons (Fsp3) is 0.643. The first-order chi connectivity index (χ1) is 18.4. The van der Waals surface area contributed by atoms with Gasteiger partial charge < -0.3 is 34.5 Å². The smallest absolute Gasteiger partial charge is 0.480 e. The van der Waals surface area contributed by atoms with Crippen molar-refractivity contribution in [2.45, 2.75) is 97.6 Å². The van der Waals surface area contributed by atoms with E-state index in [1.807, 2.05) is 20.8 Å². The maximum Gasteiger partial charge on any atom is 0.513 e. The molecule has 0 bridgehead atoms. The number of carboxylic acids is 1. The zero-order valence-electron chi connectivity index (χ0n) is 23.7. The molecule has 0 heterocycles. The van der Waals surface area contributed by atoms with Crippen LogP contribution in [-0.4, -0.2) is 54.2 Å². The number of rotatable bonds is 17. The summed E-state index contributed by atoms with van der Waals surface area (Å²) in [5.74, 6) is -2.30. The zero-order valence-corrected chi connectivity index (χ0v) is 23.7. The number of carbonyl (C=O) groups is 4. The van der Waals surface area contributed by atoms with Gasteiger partial charge in [0, 0.05) is 12.8 Å². The van der Waals surface area contributed by atoms with Gasteiger partial charge >= 0.3 is 24.2 Å². The number of esters is 1. The number of carbonyl (C=O) groups excluding carboxylic acids is 3. The van der Waals surface area contributed by atoms with Crippen LogP contribution in [0.5, 0.6) is 11.5 Å². The second-order valence-electron chi connectivity index (χ2n) is 9.67. The SMILES string of the molecule is CCCCOC(=O)Oc1ccc(C[C@](N)(C[C@H](C)OC(=O)C(C)CCC)C(=O)O)cc1OC(=O)OCCCC. The molecule has 3 atom stereocenters. The van der Waals surface area contributed by atoms with Crippen LogP contribution in [-0.2, 0) is 30.2 Å². The fourth-order valence-electron chi connectivity index (χ4n) is 3.68. The minimum absolute atomic E-state index is 0.113. The van der Waals surface area contributed by atoms with Crippen molar-refractivity contribution < 1.29 is 48.0 Å². The van der Waals surface area contributed by atoms with Crippen LogP contribution in [0.4, 0.5) is 9.59 Å². The summed E-state index contributed by atoms with van der Waals surface area (Å²) in [5.41, 5.74) is 4.84. The minimum Gasteiger partial charge on any atom is -0.480 e. The van der Waals surface area contributed by atoms with Gasteiger partial charge in [0.25, 0.3) is 0 Å². The van der Waals surface area contributed by atoms with Crippen LogP contribution in [0.1, 0.15) is 85.1 Å². The van der Waals surface area contributed by atoms with E-state index in [2.05, 4.69) is 0 Å². The molecule has 0 aliphatic carbocycles. The van der Waals surface area contributed by atoms with E-state index in [0.717, 1.165) is 19.3 Å². The highest BCUT2D eigenvalue weighted by Crippen LogP contribution is 2.31. The summed E-state index contributed by atoms with van der Waals surface area (Å²) in [6, 6.07) is 4.19. The molecule has 0 aromatic heterocycles. The van der Waals surface area contributed by atoms with Crippen molar-refractivity contribution in [3.8, 4) is 11.5 Å². The maximum absolute atomic E-state index is 12.3. The number of nitrogens with two attached hydrogens (primary N) is 1. The number of hydrogen-bond acceptors (Lipinski definition) is 10. The zero-order chi connectivity index (χ0) is 29.4.